The first kappa shape index (κ1) is 17.0. The van der Waals surface area contributed by atoms with Gasteiger partial charge in [-0.3, -0.25) is 4.68 Å². The lowest BCUT2D eigenvalue weighted by Gasteiger charge is -2.28. The molecule has 1 saturated carbocycles. The molecule has 0 spiro atoms. The molecule has 120 valence electrons. The summed E-state index contributed by atoms with van der Waals surface area (Å²) >= 11 is 3.70. The predicted molar refractivity (Wildman–Crippen MR) is 90.5 cm³/mol. The molecule has 0 aliphatic heterocycles. The molecular weight excluding hydrogens is 328 g/mol. The molecule has 1 aliphatic carbocycles. The van der Waals surface area contributed by atoms with E-state index in [1.54, 1.807) is 0 Å². The fourth-order valence-corrected chi connectivity index (χ4v) is 4.10. The molecule has 1 aromatic rings. The summed E-state index contributed by atoms with van der Waals surface area (Å²) in [6, 6.07) is 0. The molecule has 0 amide bonds. The maximum Gasteiger partial charge on any atom is 0.0766 e. The first-order valence-electron chi connectivity index (χ1n) is 8.27. The summed E-state index contributed by atoms with van der Waals surface area (Å²) in [4.78, 5) is 0. The van der Waals surface area contributed by atoms with Crippen LogP contribution in [-0.2, 0) is 19.4 Å². The van der Waals surface area contributed by atoms with Gasteiger partial charge in [0.05, 0.1) is 21.5 Å². The summed E-state index contributed by atoms with van der Waals surface area (Å²) < 4.78 is 3.15. The normalized spacial score (nSPS) is 25.8. The largest absolute Gasteiger partial charge is 0.389 e. The second kappa shape index (κ2) is 6.41. The molecule has 3 nitrogen and oxygen atoms in total. The summed E-state index contributed by atoms with van der Waals surface area (Å²) in [7, 11) is 0. The van der Waals surface area contributed by atoms with Crippen molar-refractivity contribution in [3.63, 3.8) is 0 Å². The molecule has 1 N–H and O–H groups in total. The van der Waals surface area contributed by atoms with Gasteiger partial charge in [-0.15, -0.1) is 0 Å². The van der Waals surface area contributed by atoms with Crippen molar-refractivity contribution in [2.45, 2.75) is 84.8 Å². The lowest BCUT2D eigenvalue weighted by molar-refractivity contribution is 0.0206. The van der Waals surface area contributed by atoms with Gasteiger partial charge in [-0.25, -0.2) is 0 Å². The highest BCUT2D eigenvalue weighted by Crippen LogP contribution is 2.40. The Balaban J connectivity index is 2.22. The monoisotopic (exact) mass is 356 g/mol. The van der Waals surface area contributed by atoms with Gasteiger partial charge < -0.3 is 5.11 Å². The number of aryl methyl sites for hydroxylation is 2. The number of hydrogen-bond donors (Lipinski definition) is 1. The van der Waals surface area contributed by atoms with Gasteiger partial charge in [0.15, 0.2) is 0 Å². The van der Waals surface area contributed by atoms with Gasteiger partial charge in [0.1, 0.15) is 0 Å². The minimum Gasteiger partial charge on any atom is -0.389 e. The van der Waals surface area contributed by atoms with Crippen molar-refractivity contribution in [1.82, 2.24) is 9.78 Å². The van der Waals surface area contributed by atoms with Crippen molar-refractivity contribution in [3.8, 4) is 0 Å². The molecule has 0 aromatic carbocycles. The van der Waals surface area contributed by atoms with Crippen LogP contribution in [0.1, 0.15) is 71.2 Å². The standard InChI is InChI=1S/C17H29BrN2O/c1-5-13-15(18)14(20(6-2)19-13)12-17(21)9-7-8-16(3,4)10-11-17/h21H,5-12H2,1-4H3. The van der Waals surface area contributed by atoms with Gasteiger partial charge in [0.25, 0.3) is 0 Å². The fraction of sp³-hybridized carbons (Fsp3) is 0.824. The minimum absolute atomic E-state index is 0.362. The molecule has 1 heterocycles. The predicted octanol–water partition coefficient (Wildman–Crippen LogP) is 4.49. The zero-order valence-electron chi connectivity index (χ0n) is 13.9. The SMILES string of the molecule is CCc1nn(CC)c(CC2(O)CCCC(C)(C)CC2)c1Br. The summed E-state index contributed by atoms with van der Waals surface area (Å²) in [6.07, 6.45) is 6.85. The van der Waals surface area contributed by atoms with Gasteiger partial charge in [-0.2, -0.15) is 5.10 Å². The van der Waals surface area contributed by atoms with Crippen molar-refractivity contribution in [2.75, 3.05) is 0 Å². The highest BCUT2D eigenvalue weighted by Gasteiger charge is 2.35. The van der Waals surface area contributed by atoms with E-state index in [1.165, 1.54) is 6.42 Å². The molecular formula is C17H29BrN2O. The number of rotatable bonds is 4. The molecule has 1 aromatic heterocycles. The van der Waals surface area contributed by atoms with E-state index in [4.69, 9.17) is 0 Å². The van der Waals surface area contributed by atoms with Crippen LogP contribution >= 0.6 is 15.9 Å². The van der Waals surface area contributed by atoms with Crippen LogP contribution in [0.25, 0.3) is 0 Å². The van der Waals surface area contributed by atoms with E-state index in [-0.39, 0.29) is 0 Å². The molecule has 21 heavy (non-hydrogen) atoms. The molecule has 2 rings (SSSR count). The summed E-state index contributed by atoms with van der Waals surface area (Å²) in [6.45, 7) is 9.73. The van der Waals surface area contributed by atoms with Crippen LogP contribution in [0.4, 0.5) is 0 Å². The van der Waals surface area contributed by atoms with Gasteiger partial charge >= 0.3 is 0 Å². The maximum atomic E-state index is 11.1. The molecule has 0 radical (unpaired) electrons. The molecule has 1 aliphatic rings. The van der Waals surface area contributed by atoms with Crippen LogP contribution in [0.15, 0.2) is 4.47 Å². The van der Waals surface area contributed by atoms with Crippen LogP contribution in [0.5, 0.6) is 0 Å². The highest BCUT2D eigenvalue weighted by atomic mass is 79.9. The smallest absolute Gasteiger partial charge is 0.0766 e. The molecule has 0 saturated heterocycles. The average molecular weight is 357 g/mol. The Morgan fingerprint density at radius 1 is 1.19 bits per heavy atom. The third-order valence-electron chi connectivity index (χ3n) is 4.95. The zero-order valence-corrected chi connectivity index (χ0v) is 15.5. The van der Waals surface area contributed by atoms with E-state index in [9.17, 15) is 5.11 Å². The fourth-order valence-electron chi connectivity index (χ4n) is 3.39. The third kappa shape index (κ3) is 3.89. The van der Waals surface area contributed by atoms with Crippen molar-refractivity contribution in [1.29, 1.82) is 0 Å². The number of aromatic nitrogens is 2. The Morgan fingerprint density at radius 3 is 2.52 bits per heavy atom. The van der Waals surface area contributed by atoms with Crippen LogP contribution in [0.3, 0.4) is 0 Å². The second-order valence-electron chi connectivity index (χ2n) is 7.30. The van der Waals surface area contributed by atoms with Crippen molar-refractivity contribution in [2.24, 2.45) is 5.41 Å². The lowest BCUT2D eigenvalue weighted by Crippen LogP contribution is -2.32. The first-order chi connectivity index (χ1) is 9.80. The van der Waals surface area contributed by atoms with Crippen LogP contribution in [0, 0.1) is 5.41 Å². The average Bonchev–Trinajstić information content (AvgIpc) is 2.64. The molecule has 1 atom stereocenters. The molecule has 1 fully saturated rings. The Labute approximate surface area is 137 Å². The Morgan fingerprint density at radius 2 is 1.90 bits per heavy atom. The Bertz CT molecular complexity index is 495. The second-order valence-corrected chi connectivity index (χ2v) is 8.09. The minimum atomic E-state index is -0.575. The van der Waals surface area contributed by atoms with Crippen LogP contribution in [-0.4, -0.2) is 20.5 Å². The van der Waals surface area contributed by atoms with Crippen LogP contribution in [0.2, 0.25) is 0 Å². The van der Waals surface area contributed by atoms with E-state index >= 15 is 0 Å². The van der Waals surface area contributed by atoms with E-state index < -0.39 is 5.60 Å². The number of aliphatic hydroxyl groups is 1. The van der Waals surface area contributed by atoms with Crippen molar-refractivity contribution < 1.29 is 5.11 Å². The summed E-state index contributed by atoms with van der Waals surface area (Å²) in [5.74, 6) is 0. The first-order valence-corrected chi connectivity index (χ1v) is 9.06. The van der Waals surface area contributed by atoms with Gasteiger partial charge in [-0.1, -0.05) is 27.2 Å². The zero-order chi connectivity index (χ0) is 15.7. The molecule has 0 bridgehead atoms. The lowest BCUT2D eigenvalue weighted by atomic mass is 9.83. The highest BCUT2D eigenvalue weighted by molar-refractivity contribution is 9.10. The number of hydrogen-bond acceptors (Lipinski definition) is 2. The number of nitrogens with zero attached hydrogens (tertiary/aromatic N) is 2. The van der Waals surface area contributed by atoms with E-state index in [0.717, 1.165) is 54.5 Å². The van der Waals surface area contributed by atoms with Crippen LogP contribution < -0.4 is 0 Å². The molecule has 1 unspecified atom stereocenters. The molecule has 4 heteroatoms. The van der Waals surface area contributed by atoms with E-state index in [0.29, 0.717) is 11.8 Å². The topological polar surface area (TPSA) is 38.0 Å². The van der Waals surface area contributed by atoms with E-state index in [1.807, 2.05) is 0 Å². The number of halogens is 1. The quantitative estimate of drug-likeness (QED) is 0.806. The summed E-state index contributed by atoms with van der Waals surface area (Å²) in [5, 5.41) is 15.8. The van der Waals surface area contributed by atoms with E-state index in [2.05, 4.69) is 53.4 Å². The maximum absolute atomic E-state index is 11.1. The van der Waals surface area contributed by atoms with Crippen molar-refractivity contribution in [3.05, 3.63) is 15.9 Å². The Hall–Kier alpha value is -0.350. The Kier molecular flexibility index (Phi) is 5.19. The van der Waals surface area contributed by atoms with Crippen molar-refractivity contribution >= 4 is 15.9 Å². The van der Waals surface area contributed by atoms with Gasteiger partial charge in [0.2, 0.25) is 0 Å². The van der Waals surface area contributed by atoms with Gasteiger partial charge in [0, 0.05) is 13.0 Å². The van der Waals surface area contributed by atoms with Gasteiger partial charge in [-0.05, 0) is 60.4 Å². The summed E-state index contributed by atoms with van der Waals surface area (Å²) in [5.41, 5.74) is 2.05. The third-order valence-corrected chi connectivity index (χ3v) is 5.87.